The minimum Gasteiger partial charge on any atom is -0.481 e. The number of halogens is 4. The first kappa shape index (κ1) is 17.3. The molecule has 0 radical (unpaired) electrons. The average molecular weight is 369 g/mol. The number of urea groups is 1. The molecular weight excluding hydrogens is 357 g/mol. The largest absolute Gasteiger partial charge is 0.481 e. The lowest BCUT2D eigenvalue weighted by molar-refractivity contribution is -0.138. The van der Waals surface area contributed by atoms with Gasteiger partial charge in [0.25, 0.3) is 0 Å². The molecule has 5 nitrogen and oxygen atoms in total. The number of amides is 2. The summed E-state index contributed by atoms with van der Waals surface area (Å²) in [6.07, 6.45) is -4.40. The van der Waals surface area contributed by atoms with Crippen LogP contribution in [0.5, 0.6) is 0 Å². The van der Waals surface area contributed by atoms with E-state index in [1.165, 1.54) is 12.1 Å². The van der Waals surface area contributed by atoms with Crippen LogP contribution in [0.3, 0.4) is 0 Å². The fraction of sp³-hybridized carbons (Fsp3) is 0.333. The summed E-state index contributed by atoms with van der Waals surface area (Å²) in [7, 11) is 0. The third-order valence-electron chi connectivity index (χ3n) is 2.38. The lowest BCUT2D eigenvalue weighted by atomic mass is 10.2. The van der Waals surface area contributed by atoms with Crippen molar-refractivity contribution in [1.82, 2.24) is 5.32 Å². The average Bonchev–Trinajstić information content (AvgIpc) is 2.35. The third kappa shape index (κ3) is 6.03. The molecule has 21 heavy (non-hydrogen) atoms. The summed E-state index contributed by atoms with van der Waals surface area (Å²) in [4.78, 5) is 21.7. The fourth-order valence-corrected chi connectivity index (χ4v) is 1.91. The molecule has 3 N–H and O–H groups in total. The van der Waals surface area contributed by atoms with Crippen LogP contribution in [0.25, 0.3) is 0 Å². The predicted molar refractivity (Wildman–Crippen MR) is 73.0 cm³/mol. The highest BCUT2D eigenvalue weighted by Gasteiger charge is 2.33. The Balaban J connectivity index is 2.59. The summed E-state index contributed by atoms with van der Waals surface area (Å²) >= 11 is 2.79. The number of carboxylic acid groups (broad SMARTS) is 1. The topological polar surface area (TPSA) is 78.4 Å². The van der Waals surface area contributed by atoms with Crippen LogP contribution in [-0.4, -0.2) is 23.7 Å². The number of hydrogen-bond donors (Lipinski definition) is 3. The van der Waals surface area contributed by atoms with Gasteiger partial charge in [0.1, 0.15) is 0 Å². The van der Waals surface area contributed by atoms with Gasteiger partial charge >= 0.3 is 18.2 Å². The van der Waals surface area contributed by atoms with E-state index in [1.54, 1.807) is 0 Å². The van der Waals surface area contributed by atoms with Gasteiger partial charge in [0, 0.05) is 23.1 Å². The Morgan fingerprint density at radius 2 is 1.95 bits per heavy atom. The van der Waals surface area contributed by atoms with E-state index in [0.29, 0.717) is 0 Å². The van der Waals surface area contributed by atoms with Crippen molar-refractivity contribution in [3.8, 4) is 0 Å². The number of anilines is 1. The Bertz CT molecular complexity index is 535. The monoisotopic (exact) mass is 368 g/mol. The SMILES string of the molecule is O=C(O)CCCNC(=O)Nc1ccc(Br)c(C(F)(F)F)c1. The van der Waals surface area contributed by atoms with Crippen molar-refractivity contribution in [3.63, 3.8) is 0 Å². The normalized spacial score (nSPS) is 11.0. The first-order chi connectivity index (χ1) is 9.70. The van der Waals surface area contributed by atoms with Gasteiger partial charge in [-0.2, -0.15) is 13.2 Å². The Labute approximate surface area is 126 Å². The van der Waals surface area contributed by atoms with Crippen molar-refractivity contribution in [2.45, 2.75) is 19.0 Å². The first-order valence-corrected chi connectivity index (χ1v) is 6.63. The highest BCUT2D eigenvalue weighted by molar-refractivity contribution is 9.10. The summed E-state index contributed by atoms with van der Waals surface area (Å²) in [5.41, 5.74) is -0.910. The molecule has 9 heteroatoms. The molecule has 0 fully saturated rings. The predicted octanol–water partition coefficient (Wildman–Crippen LogP) is 3.45. The van der Waals surface area contributed by atoms with Crippen LogP contribution in [-0.2, 0) is 11.0 Å². The highest BCUT2D eigenvalue weighted by Crippen LogP contribution is 2.36. The maximum Gasteiger partial charge on any atom is 0.417 e. The third-order valence-corrected chi connectivity index (χ3v) is 3.07. The van der Waals surface area contributed by atoms with Crippen LogP contribution in [0.15, 0.2) is 22.7 Å². The van der Waals surface area contributed by atoms with E-state index in [0.717, 1.165) is 6.07 Å². The van der Waals surface area contributed by atoms with E-state index in [4.69, 9.17) is 5.11 Å². The molecule has 116 valence electrons. The Morgan fingerprint density at radius 3 is 2.52 bits per heavy atom. The zero-order chi connectivity index (χ0) is 16.0. The number of rotatable bonds is 5. The van der Waals surface area contributed by atoms with Gasteiger partial charge in [0.05, 0.1) is 5.56 Å². The lowest BCUT2D eigenvalue weighted by Gasteiger charge is -2.12. The zero-order valence-corrected chi connectivity index (χ0v) is 12.2. The number of hydrogen-bond acceptors (Lipinski definition) is 2. The second-order valence-corrected chi connectivity index (χ2v) is 4.92. The molecule has 0 heterocycles. The number of benzene rings is 1. The first-order valence-electron chi connectivity index (χ1n) is 5.83. The molecule has 0 aromatic heterocycles. The Kier molecular flexibility index (Phi) is 6.01. The van der Waals surface area contributed by atoms with Gasteiger partial charge in [0.15, 0.2) is 0 Å². The maximum atomic E-state index is 12.7. The van der Waals surface area contributed by atoms with E-state index in [1.807, 2.05) is 0 Å². The lowest BCUT2D eigenvalue weighted by Crippen LogP contribution is -2.29. The van der Waals surface area contributed by atoms with Gasteiger partial charge in [-0.1, -0.05) is 15.9 Å². The number of nitrogens with one attached hydrogen (secondary N) is 2. The summed E-state index contributed by atoms with van der Waals surface area (Å²) < 4.78 is 37.9. The van der Waals surface area contributed by atoms with Crippen molar-refractivity contribution in [2.75, 3.05) is 11.9 Å². The number of alkyl halides is 3. The van der Waals surface area contributed by atoms with Crippen LogP contribution in [0.1, 0.15) is 18.4 Å². The molecule has 0 aliphatic carbocycles. The minimum atomic E-state index is -4.53. The Morgan fingerprint density at radius 1 is 1.29 bits per heavy atom. The maximum absolute atomic E-state index is 12.7. The van der Waals surface area contributed by atoms with Crippen LogP contribution < -0.4 is 10.6 Å². The molecule has 1 rings (SSSR count). The van der Waals surface area contributed by atoms with Gasteiger partial charge in [-0.3, -0.25) is 4.79 Å². The van der Waals surface area contributed by atoms with Crippen LogP contribution in [0.4, 0.5) is 23.7 Å². The number of aliphatic carboxylic acids is 1. The molecule has 0 atom stereocenters. The molecule has 2 amide bonds. The quantitative estimate of drug-likeness (QED) is 0.696. The standard InChI is InChI=1S/C12H12BrF3N2O3/c13-9-4-3-7(6-8(9)12(14,15)16)18-11(21)17-5-1-2-10(19)20/h3-4,6H,1-2,5H2,(H,19,20)(H2,17,18,21). The molecule has 0 saturated carbocycles. The van der Waals surface area contributed by atoms with E-state index in [-0.39, 0.29) is 29.5 Å². The summed E-state index contributed by atoms with van der Waals surface area (Å²) in [6.45, 7) is 0.112. The molecule has 0 aliphatic rings. The van der Waals surface area contributed by atoms with E-state index >= 15 is 0 Å². The molecule has 0 aliphatic heterocycles. The van der Waals surface area contributed by atoms with Crippen LogP contribution in [0, 0.1) is 0 Å². The van der Waals surface area contributed by atoms with E-state index in [9.17, 15) is 22.8 Å². The molecule has 0 bridgehead atoms. The van der Waals surface area contributed by atoms with E-state index in [2.05, 4.69) is 26.6 Å². The zero-order valence-electron chi connectivity index (χ0n) is 10.6. The molecule has 0 saturated heterocycles. The summed E-state index contributed by atoms with van der Waals surface area (Å²) in [6, 6.07) is 2.61. The van der Waals surface area contributed by atoms with Crippen molar-refractivity contribution >= 4 is 33.6 Å². The van der Waals surface area contributed by atoms with Gasteiger partial charge < -0.3 is 15.7 Å². The van der Waals surface area contributed by atoms with Crippen molar-refractivity contribution in [1.29, 1.82) is 0 Å². The van der Waals surface area contributed by atoms with Gasteiger partial charge in [-0.25, -0.2) is 4.79 Å². The Hall–Kier alpha value is -1.77. The van der Waals surface area contributed by atoms with Crippen molar-refractivity contribution in [3.05, 3.63) is 28.2 Å². The molecular formula is C12H12BrF3N2O3. The number of carbonyl (C=O) groups is 2. The number of carboxylic acids is 1. The minimum absolute atomic E-state index is 0.0127. The van der Waals surface area contributed by atoms with Gasteiger partial charge in [0.2, 0.25) is 0 Å². The summed E-state index contributed by atoms with van der Waals surface area (Å²) in [5.74, 6) is -0.986. The molecule has 1 aromatic carbocycles. The molecule has 0 spiro atoms. The smallest absolute Gasteiger partial charge is 0.417 e. The van der Waals surface area contributed by atoms with Gasteiger partial charge in [-0.05, 0) is 24.6 Å². The number of carbonyl (C=O) groups excluding carboxylic acids is 1. The van der Waals surface area contributed by atoms with Gasteiger partial charge in [-0.15, -0.1) is 0 Å². The second kappa shape index (κ2) is 7.30. The van der Waals surface area contributed by atoms with Crippen molar-refractivity contribution in [2.24, 2.45) is 0 Å². The molecule has 1 aromatic rings. The van der Waals surface area contributed by atoms with E-state index < -0.39 is 23.7 Å². The summed E-state index contributed by atoms with van der Waals surface area (Å²) in [5, 5.41) is 13.0. The van der Waals surface area contributed by atoms with Crippen LogP contribution in [0.2, 0.25) is 0 Å². The molecule has 0 unspecified atom stereocenters. The van der Waals surface area contributed by atoms with Crippen molar-refractivity contribution < 1.29 is 27.9 Å². The van der Waals surface area contributed by atoms with Crippen LogP contribution >= 0.6 is 15.9 Å². The second-order valence-electron chi connectivity index (χ2n) is 4.07. The highest BCUT2D eigenvalue weighted by atomic mass is 79.9. The fourth-order valence-electron chi connectivity index (χ4n) is 1.44.